The summed E-state index contributed by atoms with van der Waals surface area (Å²) in [5.41, 5.74) is 8.79. The normalized spacial score (nSPS) is 18.5. The van der Waals surface area contributed by atoms with Crippen molar-refractivity contribution >= 4 is 17.2 Å². The largest absolute Gasteiger partial charge is 0.438 e. The maximum atomic E-state index is 13.5. The maximum Gasteiger partial charge on any atom is 0.359 e. The van der Waals surface area contributed by atoms with Crippen LogP contribution in [0.4, 0.5) is 5.69 Å². The number of anilines is 1. The van der Waals surface area contributed by atoms with Gasteiger partial charge in [-0.2, -0.15) is 0 Å². The van der Waals surface area contributed by atoms with E-state index >= 15 is 0 Å². The van der Waals surface area contributed by atoms with Crippen LogP contribution in [-0.4, -0.2) is 28.9 Å². The average Bonchev–Trinajstić information content (AvgIpc) is 3.41. The van der Waals surface area contributed by atoms with Crippen molar-refractivity contribution in [2.75, 3.05) is 18.5 Å². The fourth-order valence-corrected chi connectivity index (χ4v) is 6.30. The van der Waals surface area contributed by atoms with Crippen molar-refractivity contribution in [3.05, 3.63) is 125 Å². The minimum absolute atomic E-state index is 0.375. The number of fused-ring (bicyclic) bond motifs is 3. The second kappa shape index (κ2) is 8.07. The summed E-state index contributed by atoms with van der Waals surface area (Å²) in [6.07, 6.45) is 5.83. The van der Waals surface area contributed by atoms with Gasteiger partial charge in [0.25, 0.3) is 0 Å². The molecule has 5 heterocycles. The Bertz CT molecular complexity index is 1690. The Morgan fingerprint density at radius 2 is 1.81 bits per heavy atom. The fraction of sp³-hybridized carbons (Fsp3) is 0.188. The molecule has 7 rings (SSSR count). The van der Waals surface area contributed by atoms with E-state index in [1.165, 1.54) is 11.3 Å². The highest BCUT2D eigenvalue weighted by Crippen LogP contribution is 2.52. The minimum Gasteiger partial charge on any atom is -0.438 e. The number of hydrogen-bond donors (Lipinski definition) is 0. The number of hydrogen-bond acceptors (Lipinski definition) is 4. The van der Waals surface area contributed by atoms with E-state index in [1.54, 1.807) is 6.20 Å². The first-order valence-corrected chi connectivity index (χ1v) is 12.8. The number of nitrogens with zero attached hydrogens (tertiary/aromatic N) is 3. The van der Waals surface area contributed by atoms with Crippen molar-refractivity contribution in [1.29, 1.82) is 0 Å². The van der Waals surface area contributed by atoms with E-state index in [1.807, 2.05) is 24.3 Å². The van der Waals surface area contributed by atoms with Crippen LogP contribution in [0.2, 0.25) is 0 Å². The van der Waals surface area contributed by atoms with E-state index in [-0.39, 0.29) is 0 Å². The zero-order chi connectivity index (χ0) is 25.1. The Labute approximate surface area is 216 Å². The van der Waals surface area contributed by atoms with E-state index in [9.17, 15) is 4.79 Å². The van der Waals surface area contributed by atoms with Crippen LogP contribution < -0.4 is 4.90 Å². The SMILES string of the molecule is Cc1c(-c2ccccc2)c(C2(c3ccc4c(c3)CCCN4C)OC(=O)c3ncccc32)n2ccccc12. The van der Waals surface area contributed by atoms with Crippen molar-refractivity contribution in [1.82, 2.24) is 9.38 Å². The summed E-state index contributed by atoms with van der Waals surface area (Å²) >= 11 is 0. The molecule has 0 N–H and O–H groups in total. The molecule has 2 aliphatic heterocycles. The summed E-state index contributed by atoms with van der Waals surface area (Å²) in [4.78, 5) is 20.2. The topological polar surface area (TPSA) is 46.8 Å². The van der Waals surface area contributed by atoms with E-state index in [0.717, 1.165) is 58.4 Å². The number of pyridine rings is 2. The molecule has 0 spiro atoms. The van der Waals surface area contributed by atoms with Gasteiger partial charge in [-0.15, -0.1) is 0 Å². The van der Waals surface area contributed by atoms with Crippen molar-refractivity contribution < 1.29 is 9.53 Å². The highest BCUT2D eigenvalue weighted by molar-refractivity contribution is 5.95. The second-order valence-corrected chi connectivity index (χ2v) is 10.0. The van der Waals surface area contributed by atoms with Crippen molar-refractivity contribution in [2.24, 2.45) is 0 Å². The Balaban J connectivity index is 1.63. The van der Waals surface area contributed by atoms with Crippen LogP contribution in [-0.2, 0) is 16.8 Å². The van der Waals surface area contributed by atoms with Gasteiger partial charge in [-0.1, -0.05) is 48.5 Å². The molecule has 37 heavy (non-hydrogen) atoms. The smallest absolute Gasteiger partial charge is 0.359 e. The van der Waals surface area contributed by atoms with Crippen LogP contribution in [0.15, 0.2) is 91.3 Å². The van der Waals surface area contributed by atoms with E-state index < -0.39 is 11.6 Å². The van der Waals surface area contributed by atoms with E-state index in [2.05, 4.69) is 89.1 Å². The van der Waals surface area contributed by atoms with Crippen molar-refractivity contribution in [2.45, 2.75) is 25.4 Å². The Kier molecular flexibility index (Phi) is 4.77. The molecule has 0 fully saturated rings. The standard InChI is InChI=1S/C32H27N3O2/c1-21-26-14-6-7-19-35(26)30(28(21)22-10-4-3-5-11-22)32(25-13-8-17-33-29(25)31(36)37-32)24-15-16-27-23(20-24)12-9-18-34(27)2/h3-8,10-11,13-17,19-20H,9,12,18H2,1-2H3. The summed E-state index contributed by atoms with van der Waals surface area (Å²) < 4.78 is 8.75. The maximum absolute atomic E-state index is 13.5. The molecule has 0 aliphatic carbocycles. The Morgan fingerprint density at radius 3 is 2.68 bits per heavy atom. The lowest BCUT2D eigenvalue weighted by Crippen LogP contribution is -2.33. The van der Waals surface area contributed by atoms with Gasteiger partial charge in [0.1, 0.15) is 0 Å². The summed E-state index contributed by atoms with van der Waals surface area (Å²) in [6, 6.07) is 27.0. The predicted octanol–water partition coefficient (Wildman–Crippen LogP) is 6.15. The lowest BCUT2D eigenvalue weighted by molar-refractivity contribution is 0.0235. The summed E-state index contributed by atoms with van der Waals surface area (Å²) in [5.74, 6) is -0.395. The molecule has 5 nitrogen and oxygen atoms in total. The van der Waals surface area contributed by atoms with E-state index in [0.29, 0.717) is 5.69 Å². The third-order valence-electron chi connectivity index (χ3n) is 7.96. The molecule has 5 heteroatoms. The highest BCUT2D eigenvalue weighted by atomic mass is 16.6. The lowest BCUT2D eigenvalue weighted by Gasteiger charge is -2.33. The number of esters is 1. The Morgan fingerprint density at radius 1 is 0.973 bits per heavy atom. The van der Waals surface area contributed by atoms with Gasteiger partial charge in [0.2, 0.25) is 5.60 Å². The van der Waals surface area contributed by atoms with Crippen LogP contribution in [0.5, 0.6) is 0 Å². The summed E-state index contributed by atoms with van der Waals surface area (Å²) in [7, 11) is 2.14. The molecule has 0 radical (unpaired) electrons. The average molecular weight is 486 g/mol. The van der Waals surface area contributed by atoms with Crippen LogP contribution in [0.3, 0.4) is 0 Å². The first-order valence-electron chi connectivity index (χ1n) is 12.8. The fourth-order valence-electron chi connectivity index (χ4n) is 6.30. The molecule has 2 aliphatic rings. The van der Waals surface area contributed by atoms with Crippen LogP contribution in [0, 0.1) is 6.92 Å². The molecule has 2 aromatic carbocycles. The molecule has 182 valence electrons. The van der Waals surface area contributed by atoms with Gasteiger partial charge in [0.05, 0.1) is 5.69 Å². The number of ether oxygens (including phenoxy) is 1. The van der Waals surface area contributed by atoms with Crippen molar-refractivity contribution in [3.63, 3.8) is 0 Å². The van der Waals surface area contributed by atoms with Gasteiger partial charge in [0, 0.05) is 53.9 Å². The molecule has 0 amide bonds. The van der Waals surface area contributed by atoms with Gasteiger partial charge in [-0.05, 0) is 66.8 Å². The minimum atomic E-state index is -1.14. The number of cyclic esters (lactones) is 1. The van der Waals surface area contributed by atoms with Crippen LogP contribution in [0.1, 0.15) is 44.9 Å². The molecule has 1 atom stereocenters. The second-order valence-electron chi connectivity index (χ2n) is 10.0. The number of benzene rings is 2. The van der Waals surface area contributed by atoms with Gasteiger partial charge in [-0.3, -0.25) is 0 Å². The van der Waals surface area contributed by atoms with Gasteiger partial charge < -0.3 is 14.0 Å². The van der Waals surface area contributed by atoms with Gasteiger partial charge in [0.15, 0.2) is 5.69 Å². The zero-order valence-electron chi connectivity index (χ0n) is 20.9. The highest BCUT2D eigenvalue weighted by Gasteiger charge is 2.53. The molecule has 0 saturated carbocycles. The van der Waals surface area contributed by atoms with Crippen molar-refractivity contribution in [3.8, 4) is 11.1 Å². The molecule has 0 bridgehead atoms. The third-order valence-corrected chi connectivity index (χ3v) is 7.96. The first-order chi connectivity index (χ1) is 18.1. The number of carbonyl (C=O) groups excluding carboxylic acids is 1. The van der Waals surface area contributed by atoms with Crippen LogP contribution >= 0.6 is 0 Å². The Hall–Kier alpha value is -4.38. The number of aromatic nitrogens is 2. The van der Waals surface area contributed by atoms with Gasteiger partial charge >= 0.3 is 5.97 Å². The first kappa shape index (κ1) is 21.9. The number of aryl methyl sites for hydroxylation is 2. The molecule has 1 unspecified atom stereocenters. The third kappa shape index (κ3) is 3.03. The molecule has 3 aromatic heterocycles. The van der Waals surface area contributed by atoms with E-state index in [4.69, 9.17) is 4.74 Å². The monoisotopic (exact) mass is 485 g/mol. The molecule has 5 aromatic rings. The number of carbonyl (C=O) groups is 1. The molecule has 0 saturated heterocycles. The molecular formula is C32H27N3O2. The van der Waals surface area contributed by atoms with Gasteiger partial charge in [-0.25, -0.2) is 9.78 Å². The predicted molar refractivity (Wildman–Crippen MR) is 145 cm³/mol. The zero-order valence-corrected chi connectivity index (χ0v) is 20.9. The molecular weight excluding hydrogens is 458 g/mol. The number of rotatable bonds is 3. The summed E-state index contributed by atoms with van der Waals surface area (Å²) in [5, 5.41) is 0. The quantitative estimate of drug-likeness (QED) is 0.288. The van der Waals surface area contributed by atoms with Crippen LogP contribution in [0.25, 0.3) is 16.6 Å². The lowest BCUT2D eigenvalue weighted by atomic mass is 9.79. The summed E-state index contributed by atoms with van der Waals surface area (Å²) in [6.45, 7) is 3.19.